The number of nitrogens with one attached hydrogen (secondary N) is 2. The summed E-state index contributed by atoms with van der Waals surface area (Å²) in [5.41, 5.74) is 7.47. The number of rotatable bonds is 17. The van der Waals surface area contributed by atoms with Crippen LogP contribution in [0.15, 0.2) is 103 Å². The van der Waals surface area contributed by atoms with Crippen LogP contribution < -0.4 is 15.4 Å². The molecule has 0 spiro atoms. The van der Waals surface area contributed by atoms with Crippen LogP contribution in [0.3, 0.4) is 0 Å². The van der Waals surface area contributed by atoms with E-state index in [4.69, 9.17) is 16.3 Å². The lowest BCUT2D eigenvalue weighted by molar-refractivity contribution is -0.137. The maximum absolute atomic E-state index is 13.1. The number of piperazine rings is 1. The van der Waals surface area contributed by atoms with Gasteiger partial charge in [-0.25, -0.2) is 0 Å². The fourth-order valence-corrected chi connectivity index (χ4v) is 8.50. The van der Waals surface area contributed by atoms with E-state index in [0.717, 1.165) is 54.9 Å². The van der Waals surface area contributed by atoms with Gasteiger partial charge < -0.3 is 19.9 Å². The summed E-state index contributed by atoms with van der Waals surface area (Å²) < 4.78 is 6.17. The van der Waals surface area contributed by atoms with Crippen LogP contribution >= 0.6 is 11.6 Å². The SMILES string of the molecule is O=C1CCC(N2Cc3c(NC(=O)CCCCCC(=O)N4CCN(CCOc5ccc(/C(=C(/CCCl)c6ccccc6)c6ccccc6)cc5)CC4)cccc3C2=O)C(=O)N1. The van der Waals surface area contributed by atoms with Gasteiger partial charge in [-0.2, -0.15) is 0 Å². The van der Waals surface area contributed by atoms with Gasteiger partial charge in [0.05, 0.1) is 0 Å². The number of ether oxygens (including phenoxy) is 1. The number of amides is 5. The van der Waals surface area contributed by atoms with E-state index in [1.807, 2.05) is 29.2 Å². The molecule has 2 N–H and O–H groups in total. The molecular formula is C48H52ClN5O6. The summed E-state index contributed by atoms with van der Waals surface area (Å²) in [5.74, 6) is 0.232. The summed E-state index contributed by atoms with van der Waals surface area (Å²) in [6, 6.07) is 33.6. The van der Waals surface area contributed by atoms with Crippen LogP contribution in [0.1, 0.15) is 84.0 Å². The number of hydrogen-bond acceptors (Lipinski definition) is 7. The summed E-state index contributed by atoms with van der Waals surface area (Å²) in [4.78, 5) is 68.7. The third-order valence-corrected chi connectivity index (χ3v) is 11.7. The Labute approximate surface area is 356 Å². The number of anilines is 1. The quantitative estimate of drug-likeness (QED) is 0.0501. The molecular weight excluding hydrogens is 778 g/mol. The maximum Gasteiger partial charge on any atom is 0.255 e. The van der Waals surface area contributed by atoms with Crippen LogP contribution in [0, 0.1) is 0 Å². The second kappa shape index (κ2) is 20.5. The molecule has 12 heteroatoms. The molecule has 7 rings (SSSR count). The first-order chi connectivity index (χ1) is 29.3. The molecule has 4 aromatic carbocycles. The zero-order chi connectivity index (χ0) is 41.8. The van der Waals surface area contributed by atoms with Crippen molar-refractivity contribution in [2.45, 2.75) is 64.0 Å². The lowest BCUT2D eigenvalue weighted by Gasteiger charge is -2.34. The van der Waals surface area contributed by atoms with Gasteiger partial charge in [0.25, 0.3) is 5.91 Å². The molecule has 3 aliphatic rings. The Morgan fingerprint density at radius 3 is 2.13 bits per heavy atom. The minimum absolute atomic E-state index is 0.144. The van der Waals surface area contributed by atoms with Crippen molar-refractivity contribution in [3.8, 4) is 5.75 Å². The van der Waals surface area contributed by atoms with E-state index in [9.17, 15) is 24.0 Å². The number of carbonyl (C=O) groups is 5. The van der Waals surface area contributed by atoms with Crippen molar-refractivity contribution in [1.82, 2.24) is 20.0 Å². The van der Waals surface area contributed by atoms with Gasteiger partial charge >= 0.3 is 0 Å². The van der Waals surface area contributed by atoms with Crippen LogP contribution in [0.25, 0.3) is 11.1 Å². The Hall–Kier alpha value is -5.78. The number of alkyl halides is 1. The zero-order valence-corrected chi connectivity index (χ0v) is 34.6. The number of carbonyl (C=O) groups excluding carboxylic acids is 5. The summed E-state index contributed by atoms with van der Waals surface area (Å²) in [5, 5.41) is 5.25. The van der Waals surface area contributed by atoms with Gasteiger partial charge in [0.2, 0.25) is 23.6 Å². The fraction of sp³-hybridized carbons (Fsp3) is 0.354. The van der Waals surface area contributed by atoms with E-state index in [2.05, 4.69) is 76.2 Å². The Kier molecular flexibility index (Phi) is 14.4. The van der Waals surface area contributed by atoms with Crippen LogP contribution in [0.2, 0.25) is 0 Å². The van der Waals surface area contributed by atoms with E-state index in [0.29, 0.717) is 68.1 Å². The summed E-state index contributed by atoms with van der Waals surface area (Å²) in [7, 11) is 0. The van der Waals surface area contributed by atoms with E-state index in [1.165, 1.54) is 16.0 Å². The molecule has 0 saturated carbocycles. The summed E-state index contributed by atoms with van der Waals surface area (Å²) in [6.07, 6.45) is 4.04. The number of benzene rings is 4. The first kappa shape index (κ1) is 42.3. The minimum atomic E-state index is -0.715. The molecule has 4 aromatic rings. The molecule has 2 saturated heterocycles. The van der Waals surface area contributed by atoms with E-state index >= 15 is 0 Å². The van der Waals surface area contributed by atoms with Gasteiger partial charge in [-0.15, -0.1) is 11.6 Å². The first-order valence-electron chi connectivity index (χ1n) is 21.0. The van der Waals surface area contributed by atoms with Crippen LogP contribution in [0.4, 0.5) is 5.69 Å². The lowest BCUT2D eigenvalue weighted by Crippen LogP contribution is -2.52. The van der Waals surface area contributed by atoms with Crippen molar-refractivity contribution >= 4 is 58.0 Å². The largest absolute Gasteiger partial charge is 0.492 e. The molecule has 312 valence electrons. The van der Waals surface area contributed by atoms with Crippen molar-refractivity contribution in [3.63, 3.8) is 0 Å². The van der Waals surface area contributed by atoms with Gasteiger partial charge in [0, 0.05) is 81.2 Å². The van der Waals surface area contributed by atoms with Crippen molar-refractivity contribution < 1.29 is 28.7 Å². The number of hydrogen-bond donors (Lipinski definition) is 2. The van der Waals surface area contributed by atoms with Gasteiger partial charge in [0.15, 0.2) is 0 Å². The first-order valence-corrected chi connectivity index (χ1v) is 21.5. The zero-order valence-electron chi connectivity index (χ0n) is 33.9. The highest BCUT2D eigenvalue weighted by Crippen LogP contribution is 2.36. The number of imide groups is 1. The number of halogens is 1. The maximum atomic E-state index is 13.1. The van der Waals surface area contributed by atoms with Crippen LogP contribution in [0.5, 0.6) is 5.75 Å². The Bertz CT molecular complexity index is 2190. The topological polar surface area (TPSA) is 128 Å². The lowest BCUT2D eigenvalue weighted by atomic mass is 9.88. The predicted molar refractivity (Wildman–Crippen MR) is 233 cm³/mol. The Morgan fingerprint density at radius 2 is 1.43 bits per heavy atom. The molecule has 1 unspecified atom stereocenters. The standard InChI is InChI=1S/C48H52ClN5O6/c49-26-25-38(34-11-4-1-5-12-34)46(35-13-6-2-7-14-35)36-19-21-37(22-20-36)60-32-31-52-27-29-53(30-28-52)45(57)18-9-3-8-17-43(55)50-41-16-10-15-39-40(41)33-54(48(39)59)42-23-24-44(56)51-47(42)58/h1-2,4-7,10-16,19-22,42H,3,8-9,17-18,23-33H2,(H,50,55)(H,51,56,58)/b46-38-. The molecule has 0 aromatic heterocycles. The third kappa shape index (κ3) is 10.5. The second-order valence-corrected chi connectivity index (χ2v) is 15.8. The molecule has 1 atom stereocenters. The average molecular weight is 830 g/mol. The van der Waals surface area contributed by atoms with Crippen LogP contribution in [-0.4, -0.2) is 95.5 Å². The molecule has 2 fully saturated rings. The number of unbranched alkanes of at least 4 members (excludes halogenated alkanes) is 2. The van der Waals surface area contributed by atoms with E-state index in [1.54, 1.807) is 18.2 Å². The highest BCUT2D eigenvalue weighted by Gasteiger charge is 2.40. The Morgan fingerprint density at radius 1 is 0.750 bits per heavy atom. The Balaban J connectivity index is 0.803. The number of fused-ring (bicyclic) bond motifs is 1. The van der Waals surface area contributed by atoms with Crippen molar-refractivity contribution in [3.05, 3.63) is 131 Å². The van der Waals surface area contributed by atoms with Crippen molar-refractivity contribution in [2.24, 2.45) is 0 Å². The van der Waals surface area contributed by atoms with Gasteiger partial charge in [0.1, 0.15) is 18.4 Å². The molecule has 3 aliphatic heterocycles. The molecule has 11 nitrogen and oxygen atoms in total. The number of nitrogens with zero attached hydrogens (tertiary/aromatic N) is 3. The smallest absolute Gasteiger partial charge is 0.255 e. The summed E-state index contributed by atoms with van der Waals surface area (Å²) in [6.45, 7) is 4.47. The predicted octanol–water partition coefficient (Wildman–Crippen LogP) is 7.15. The van der Waals surface area contributed by atoms with Gasteiger partial charge in [-0.1, -0.05) is 85.3 Å². The highest BCUT2D eigenvalue weighted by molar-refractivity contribution is 6.18. The molecule has 3 heterocycles. The number of allylic oxidation sites excluding steroid dienone is 1. The molecule has 5 amide bonds. The minimum Gasteiger partial charge on any atom is -0.492 e. The average Bonchev–Trinajstić information content (AvgIpc) is 3.61. The van der Waals surface area contributed by atoms with Crippen molar-refractivity contribution in [1.29, 1.82) is 0 Å². The molecule has 0 aliphatic carbocycles. The normalized spacial score (nSPS) is 17.2. The van der Waals surface area contributed by atoms with Gasteiger partial charge in [-0.05, 0) is 77.8 Å². The number of piperidine rings is 1. The monoisotopic (exact) mass is 829 g/mol. The van der Waals surface area contributed by atoms with Crippen molar-refractivity contribution in [2.75, 3.05) is 50.5 Å². The third-order valence-electron chi connectivity index (χ3n) is 11.5. The molecule has 60 heavy (non-hydrogen) atoms. The summed E-state index contributed by atoms with van der Waals surface area (Å²) >= 11 is 6.32. The molecule has 0 radical (unpaired) electrons. The second-order valence-electron chi connectivity index (χ2n) is 15.5. The highest BCUT2D eigenvalue weighted by atomic mass is 35.5. The fourth-order valence-electron chi connectivity index (χ4n) is 8.31. The van der Waals surface area contributed by atoms with E-state index < -0.39 is 11.9 Å². The van der Waals surface area contributed by atoms with E-state index in [-0.39, 0.29) is 43.0 Å². The van der Waals surface area contributed by atoms with Crippen LogP contribution in [-0.2, 0) is 25.7 Å². The molecule has 0 bridgehead atoms. The van der Waals surface area contributed by atoms with Gasteiger partial charge in [-0.3, -0.25) is 34.2 Å².